The molecule has 0 N–H and O–H groups in total. The molecule has 0 aromatic heterocycles. The first-order valence-electron chi connectivity index (χ1n) is 6.52. The molecule has 2 amide bonds. The van der Waals surface area contributed by atoms with E-state index in [4.69, 9.17) is 9.47 Å². The molecule has 112 valence electrons. The van der Waals surface area contributed by atoms with Crippen molar-refractivity contribution in [1.29, 1.82) is 0 Å². The van der Waals surface area contributed by atoms with Gasteiger partial charge < -0.3 is 9.47 Å². The molecule has 2 aromatic carbocycles. The Kier molecular flexibility index (Phi) is 4.98. The summed E-state index contributed by atoms with van der Waals surface area (Å²) in [5.74, 6) is 0.690. The first-order valence-corrected chi connectivity index (χ1v) is 6.52. The highest BCUT2D eigenvalue weighted by atomic mass is 16.6. The summed E-state index contributed by atoms with van der Waals surface area (Å²) in [4.78, 5) is 22.9. The van der Waals surface area contributed by atoms with Crippen molar-refractivity contribution in [2.24, 2.45) is 10.2 Å². The van der Waals surface area contributed by atoms with Gasteiger partial charge in [0.2, 0.25) is 0 Å². The van der Waals surface area contributed by atoms with Gasteiger partial charge in [-0.15, -0.1) is 0 Å². The van der Waals surface area contributed by atoms with Gasteiger partial charge in [-0.25, -0.2) is 9.59 Å². The fraction of sp³-hybridized carbons (Fsp3) is 0.125. The van der Waals surface area contributed by atoms with Gasteiger partial charge in [0.15, 0.2) is 0 Å². The largest absolute Gasteiger partial charge is 0.458 e. The molecule has 0 unspecified atom stereocenters. The lowest BCUT2D eigenvalue weighted by Gasteiger charge is -2.03. The molecule has 0 atom stereocenters. The predicted molar refractivity (Wildman–Crippen MR) is 79.3 cm³/mol. The van der Waals surface area contributed by atoms with Gasteiger partial charge in [-0.05, 0) is 43.2 Å². The zero-order valence-corrected chi connectivity index (χ0v) is 12.1. The number of carbonyl (C=O) groups excluding carboxylic acids is 2. The summed E-state index contributed by atoms with van der Waals surface area (Å²) in [7, 11) is 0. The fourth-order valence-corrected chi connectivity index (χ4v) is 1.67. The van der Waals surface area contributed by atoms with Gasteiger partial charge in [0.25, 0.3) is 0 Å². The van der Waals surface area contributed by atoms with Crippen molar-refractivity contribution in [1.82, 2.24) is 0 Å². The number of ether oxygens (including phenoxy) is 2. The molecule has 2 rings (SSSR count). The quantitative estimate of drug-likeness (QED) is 0.767. The SMILES string of the molecule is Cc1cccc(OC(=O)N=NC(=O)Oc2ccccc2C)c1. The van der Waals surface area contributed by atoms with E-state index in [2.05, 4.69) is 10.2 Å². The van der Waals surface area contributed by atoms with E-state index in [-0.39, 0.29) is 0 Å². The van der Waals surface area contributed by atoms with E-state index in [0.29, 0.717) is 11.5 Å². The van der Waals surface area contributed by atoms with Crippen LogP contribution in [0.15, 0.2) is 58.8 Å². The van der Waals surface area contributed by atoms with Crippen molar-refractivity contribution in [3.05, 3.63) is 59.7 Å². The van der Waals surface area contributed by atoms with Crippen molar-refractivity contribution < 1.29 is 19.1 Å². The summed E-state index contributed by atoms with van der Waals surface area (Å²) >= 11 is 0. The number of hydrogen-bond donors (Lipinski definition) is 0. The van der Waals surface area contributed by atoms with Crippen LogP contribution in [0, 0.1) is 13.8 Å². The number of azo groups is 1. The summed E-state index contributed by atoms with van der Waals surface area (Å²) < 4.78 is 9.87. The monoisotopic (exact) mass is 298 g/mol. The number of hydrogen-bond acceptors (Lipinski definition) is 4. The van der Waals surface area contributed by atoms with Crippen LogP contribution in [0.2, 0.25) is 0 Å². The summed E-state index contributed by atoms with van der Waals surface area (Å²) in [6, 6.07) is 13.8. The van der Waals surface area contributed by atoms with Crippen LogP contribution in [0.4, 0.5) is 9.59 Å². The van der Waals surface area contributed by atoms with Crippen molar-refractivity contribution in [3.8, 4) is 11.5 Å². The maximum Gasteiger partial charge on any atom is 0.458 e. The lowest BCUT2D eigenvalue weighted by Crippen LogP contribution is -2.06. The maximum absolute atomic E-state index is 11.5. The van der Waals surface area contributed by atoms with Crippen molar-refractivity contribution in [2.45, 2.75) is 13.8 Å². The Labute approximate surface area is 127 Å². The molecule has 0 saturated heterocycles. The highest BCUT2D eigenvalue weighted by Crippen LogP contribution is 2.17. The van der Waals surface area contributed by atoms with Crippen LogP contribution in [0.5, 0.6) is 11.5 Å². The maximum atomic E-state index is 11.5. The van der Waals surface area contributed by atoms with Crippen LogP contribution in [0.1, 0.15) is 11.1 Å². The van der Waals surface area contributed by atoms with Crippen LogP contribution in [0.25, 0.3) is 0 Å². The van der Waals surface area contributed by atoms with Gasteiger partial charge in [0, 0.05) is 0 Å². The first-order chi connectivity index (χ1) is 10.5. The number of rotatable bonds is 2. The molecule has 6 nitrogen and oxygen atoms in total. The van der Waals surface area contributed by atoms with E-state index in [9.17, 15) is 9.59 Å². The molecular formula is C16H14N2O4. The minimum Gasteiger partial charge on any atom is -0.408 e. The molecule has 0 spiro atoms. The average Bonchev–Trinajstić information content (AvgIpc) is 2.48. The second kappa shape index (κ2) is 7.12. The second-order valence-corrected chi connectivity index (χ2v) is 4.52. The summed E-state index contributed by atoms with van der Waals surface area (Å²) in [5, 5.41) is 6.33. The van der Waals surface area contributed by atoms with Gasteiger partial charge in [0.05, 0.1) is 0 Å². The molecule has 0 radical (unpaired) electrons. The Hall–Kier alpha value is -3.02. The molecule has 0 aliphatic carbocycles. The lowest BCUT2D eigenvalue weighted by molar-refractivity contribution is 0.200. The third-order valence-corrected chi connectivity index (χ3v) is 2.70. The summed E-state index contributed by atoms with van der Waals surface area (Å²) in [5.41, 5.74) is 1.70. The molecule has 0 saturated carbocycles. The topological polar surface area (TPSA) is 77.3 Å². The molecule has 22 heavy (non-hydrogen) atoms. The van der Waals surface area contributed by atoms with Gasteiger partial charge in [0.1, 0.15) is 11.5 Å². The molecule has 0 aliphatic heterocycles. The smallest absolute Gasteiger partial charge is 0.408 e. The predicted octanol–water partition coefficient (Wildman–Crippen LogP) is 4.45. The Morgan fingerprint density at radius 2 is 1.55 bits per heavy atom. The third kappa shape index (κ3) is 4.52. The zero-order chi connectivity index (χ0) is 15.9. The normalized spacial score (nSPS) is 10.5. The molecular weight excluding hydrogens is 284 g/mol. The standard InChI is InChI=1S/C16H14N2O4/c1-11-6-5-8-13(10-11)21-15(19)17-18-16(20)22-14-9-4-3-7-12(14)2/h3-10H,1-2H3. The number of nitrogens with zero attached hydrogens (tertiary/aromatic N) is 2. The second-order valence-electron chi connectivity index (χ2n) is 4.52. The Morgan fingerprint density at radius 3 is 2.23 bits per heavy atom. The minimum atomic E-state index is -0.993. The van der Waals surface area contributed by atoms with E-state index in [0.717, 1.165) is 11.1 Å². The van der Waals surface area contributed by atoms with Crippen LogP contribution < -0.4 is 9.47 Å². The Bertz CT molecular complexity index is 726. The molecule has 6 heteroatoms. The van der Waals surface area contributed by atoms with Crippen molar-refractivity contribution in [3.63, 3.8) is 0 Å². The third-order valence-electron chi connectivity index (χ3n) is 2.70. The van der Waals surface area contributed by atoms with Crippen LogP contribution in [0.3, 0.4) is 0 Å². The van der Waals surface area contributed by atoms with E-state index in [1.54, 1.807) is 43.3 Å². The zero-order valence-electron chi connectivity index (χ0n) is 12.1. The van der Waals surface area contributed by atoms with Gasteiger partial charge >= 0.3 is 12.2 Å². The average molecular weight is 298 g/mol. The number of aryl methyl sites for hydroxylation is 2. The van der Waals surface area contributed by atoms with Crippen molar-refractivity contribution in [2.75, 3.05) is 0 Å². The van der Waals surface area contributed by atoms with Crippen LogP contribution in [-0.4, -0.2) is 12.2 Å². The number of para-hydroxylation sites is 1. The summed E-state index contributed by atoms with van der Waals surface area (Å²) in [6.07, 6.45) is -1.98. The molecule has 2 aromatic rings. The molecule has 0 aliphatic rings. The van der Waals surface area contributed by atoms with Gasteiger partial charge in [-0.3, -0.25) is 0 Å². The highest BCUT2D eigenvalue weighted by molar-refractivity contribution is 5.76. The minimum absolute atomic E-state index is 0.330. The highest BCUT2D eigenvalue weighted by Gasteiger charge is 2.08. The van der Waals surface area contributed by atoms with E-state index in [1.807, 2.05) is 19.1 Å². The van der Waals surface area contributed by atoms with E-state index >= 15 is 0 Å². The summed E-state index contributed by atoms with van der Waals surface area (Å²) in [6.45, 7) is 3.64. The molecule has 0 bridgehead atoms. The lowest BCUT2D eigenvalue weighted by atomic mass is 10.2. The first kappa shape index (κ1) is 15.4. The Balaban J connectivity index is 1.92. The van der Waals surface area contributed by atoms with Gasteiger partial charge in [-0.2, -0.15) is 0 Å². The number of carbonyl (C=O) groups is 2. The van der Waals surface area contributed by atoms with Crippen molar-refractivity contribution >= 4 is 12.2 Å². The Morgan fingerprint density at radius 1 is 0.864 bits per heavy atom. The van der Waals surface area contributed by atoms with Crippen LogP contribution >= 0.6 is 0 Å². The van der Waals surface area contributed by atoms with E-state index < -0.39 is 12.2 Å². The molecule has 0 fully saturated rings. The van der Waals surface area contributed by atoms with Gasteiger partial charge in [-0.1, -0.05) is 40.6 Å². The molecule has 0 heterocycles. The number of amides is 2. The number of benzene rings is 2. The fourth-order valence-electron chi connectivity index (χ4n) is 1.67. The van der Waals surface area contributed by atoms with E-state index in [1.165, 1.54) is 0 Å². The van der Waals surface area contributed by atoms with Crippen LogP contribution in [-0.2, 0) is 0 Å².